The largest absolute Gasteiger partial charge is 0.444 e. The van der Waals surface area contributed by atoms with Crippen LogP contribution in [0.3, 0.4) is 0 Å². The number of carbonyl (C=O) groups is 1. The van der Waals surface area contributed by atoms with Crippen LogP contribution in [0.1, 0.15) is 74.3 Å². The molecule has 4 rings (SSSR count). The SMILES string of the molecule is C[C@H](NC(=O)OC(C)(C)C)c1noc(C2C(c3ccc(F)cc3)C2c2ccc(F)cc2)n1. The lowest BCUT2D eigenvalue weighted by molar-refractivity contribution is 0.0505. The fraction of sp³-hybridized carbons (Fsp3) is 0.375. The molecule has 1 aliphatic carbocycles. The second kappa shape index (κ2) is 8.33. The van der Waals surface area contributed by atoms with E-state index in [1.807, 2.05) is 0 Å². The molecule has 2 unspecified atom stereocenters. The van der Waals surface area contributed by atoms with E-state index in [0.717, 1.165) is 11.1 Å². The molecule has 1 N–H and O–H groups in total. The molecule has 0 aliphatic heterocycles. The maximum absolute atomic E-state index is 13.4. The number of amides is 1. The Labute approximate surface area is 185 Å². The first-order valence-corrected chi connectivity index (χ1v) is 10.5. The van der Waals surface area contributed by atoms with Gasteiger partial charge in [0.2, 0.25) is 5.89 Å². The topological polar surface area (TPSA) is 77.2 Å². The summed E-state index contributed by atoms with van der Waals surface area (Å²) in [4.78, 5) is 16.6. The average Bonchev–Trinajstić information content (AvgIpc) is 3.24. The van der Waals surface area contributed by atoms with Gasteiger partial charge in [-0.25, -0.2) is 13.6 Å². The summed E-state index contributed by atoms with van der Waals surface area (Å²) in [5, 5.41) is 6.73. The van der Waals surface area contributed by atoms with Crippen LogP contribution in [0.25, 0.3) is 0 Å². The van der Waals surface area contributed by atoms with Crippen molar-refractivity contribution in [2.45, 2.75) is 57.1 Å². The first kappa shape index (κ1) is 21.9. The Balaban J connectivity index is 1.55. The predicted molar refractivity (Wildman–Crippen MR) is 113 cm³/mol. The molecule has 1 saturated carbocycles. The lowest BCUT2D eigenvalue weighted by Gasteiger charge is -2.20. The minimum atomic E-state index is -0.620. The van der Waals surface area contributed by atoms with Crippen molar-refractivity contribution in [3.63, 3.8) is 0 Å². The number of hydrogen-bond acceptors (Lipinski definition) is 5. The molecule has 1 aliphatic rings. The van der Waals surface area contributed by atoms with Gasteiger partial charge in [-0.3, -0.25) is 0 Å². The maximum Gasteiger partial charge on any atom is 0.408 e. The fourth-order valence-electron chi connectivity index (χ4n) is 3.92. The summed E-state index contributed by atoms with van der Waals surface area (Å²) in [6, 6.07) is 12.1. The highest BCUT2D eigenvalue weighted by Crippen LogP contribution is 2.65. The number of hydrogen-bond donors (Lipinski definition) is 1. The van der Waals surface area contributed by atoms with Crippen molar-refractivity contribution in [2.24, 2.45) is 0 Å². The third-order valence-corrected chi connectivity index (χ3v) is 5.39. The number of carbonyl (C=O) groups excluding carboxylic acids is 1. The summed E-state index contributed by atoms with van der Waals surface area (Å²) in [5.41, 5.74) is 1.25. The Bertz CT molecular complexity index is 1040. The van der Waals surface area contributed by atoms with Crippen molar-refractivity contribution in [3.05, 3.63) is 83.0 Å². The molecule has 0 radical (unpaired) electrons. The van der Waals surface area contributed by atoms with Gasteiger partial charge in [0.1, 0.15) is 17.2 Å². The number of rotatable bonds is 5. The van der Waals surface area contributed by atoms with Gasteiger partial charge in [0.15, 0.2) is 5.82 Å². The zero-order valence-corrected chi connectivity index (χ0v) is 18.3. The van der Waals surface area contributed by atoms with Crippen LogP contribution in [0.2, 0.25) is 0 Å². The molecule has 1 fully saturated rings. The molecule has 0 spiro atoms. The van der Waals surface area contributed by atoms with E-state index in [1.54, 1.807) is 52.0 Å². The molecule has 8 heteroatoms. The van der Waals surface area contributed by atoms with Crippen molar-refractivity contribution < 1.29 is 22.8 Å². The zero-order chi connectivity index (χ0) is 23.0. The van der Waals surface area contributed by atoms with Gasteiger partial charge in [0, 0.05) is 11.8 Å². The zero-order valence-electron chi connectivity index (χ0n) is 18.3. The standard InChI is InChI=1S/C24H25F2N3O3/c1-13(27-23(30)31-24(2,3)4)21-28-22(32-29-21)20-18(14-5-9-16(25)10-6-14)19(20)15-7-11-17(26)12-8-15/h5-13,18-20H,1-4H3,(H,27,30)/t13-,18?,19?,20?/m0/s1. The number of halogens is 2. The number of nitrogens with one attached hydrogen (secondary N) is 1. The van der Waals surface area contributed by atoms with Gasteiger partial charge in [-0.05, 0) is 63.1 Å². The van der Waals surface area contributed by atoms with Gasteiger partial charge in [-0.15, -0.1) is 0 Å². The molecule has 2 aromatic carbocycles. The van der Waals surface area contributed by atoms with Gasteiger partial charge in [-0.2, -0.15) is 4.98 Å². The van der Waals surface area contributed by atoms with Gasteiger partial charge in [0.05, 0.1) is 12.0 Å². The third-order valence-electron chi connectivity index (χ3n) is 5.39. The van der Waals surface area contributed by atoms with E-state index in [0.29, 0.717) is 11.7 Å². The van der Waals surface area contributed by atoms with Crippen LogP contribution in [-0.2, 0) is 4.74 Å². The number of aromatic nitrogens is 2. The molecule has 1 amide bonds. The molecule has 32 heavy (non-hydrogen) atoms. The monoisotopic (exact) mass is 441 g/mol. The van der Waals surface area contributed by atoms with E-state index in [-0.39, 0.29) is 29.4 Å². The summed E-state index contributed by atoms with van der Waals surface area (Å²) >= 11 is 0. The van der Waals surface area contributed by atoms with Crippen molar-refractivity contribution in [3.8, 4) is 0 Å². The second-order valence-electron chi connectivity index (χ2n) is 9.04. The minimum Gasteiger partial charge on any atom is -0.444 e. The summed E-state index contributed by atoms with van der Waals surface area (Å²) in [6.07, 6.45) is -0.573. The lowest BCUT2D eigenvalue weighted by Crippen LogP contribution is -2.34. The van der Waals surface area contributed by atoms with Crippen molar-refractivity contribution >= 4 is 6.09 Å². The molecule has 1 heterocycles. The molecule has 6 nitrogen and oxygen atoms in total. The van der Waals surface area contributed by atoms with Crippen LogP contribution in [0.5, 0.6) is 0 Å². The molecule has 1 aromatic heterocycles. The lowest BCUT2D eigenvalue weighted by atomic mass is 10.0. The molecular weight excluding hydrogens is 416 g/mol. The summed E-state index contributed by atoms with van der Waals surface area (Å²) in [5.74, 6) is -0.0411. The number of benzene rings is 2. The molecule has 0 saturated heterocycles. The summed E-state index contributed by atoms with van der Waals surface area (Å²) in [7, 11) is 0. The highest BCUT2D eigenvalue weighted by atomic mass is 19.1. The van der Waals surface area contributed by atoms with E-state index in [2.05, 4.69) is 15.5 Å². The van der Waals surface area contributed by atoms with Gasteiger partial charge < -0.3 is 14.6 Å². The van der Waals surface area contributed by atoms with E-state index in [1.165, 1.54) is 24.3 Å². The molecule has 3 atom stereocenters. The molecule has 0 bridgehead atoms. The first-order chi connectivity index (χ1) is 15.1. The van der Waals surface area contributed by atoms with Crippen LogP contribution in [0.4, 0.5) is 13.6 Å². The van der Waals surface area contributed by atoms with Gasteiger partial charge in [-0.1, -0.05) is 29.4 Å². The van der Waals surface area contributed by atoms with Crippen LogP contribution in [0.15, 0.2) is 53.1 Å². The average molecular weight is 441 g/mol. The Hall–Kier alpha value is -3.29. The van der Waals surface area contributed by atoms with Crippen LogP contribution < -0.4 is 5.32 Å². The summed E-state index contributed by atoms with van der Waals surface area (Å²) < 4.78 is 37.7. The molecular formula is C24H25F2N3O3. The Morgan fingerprint density at radius 1 is 0.969 bits per heavy atom. The Morgan fingerprint density at radius 2 is 1.47 bits per heavy atom. The van der Waals surface area contributed by atoms with Crippen molar-refractivity contribution in [1.29, 1.82) is 0 Å². The van der Waals surface area contributed by atoms with Crippen molar-refractivity contribution in [2.75, 3.05) is 0 Å². The van der Waals surface area contributed by atoms with E-state index < -0.39 is 17.7 Å². The molecule has 168 valence electrons. The fourth-order valence-corrected chi connectivity index (χ4v) is 3.92. The normalized spacial score (nSPS) is 21.1. The van der Waals surface area contributed by atoms with E-state index in [9.17, 15) is 13.6 Å². The smallest absolute Gasteiger partial charge is 0.408 e. The van der Waals surface area contributed by atoms with E-state index >= 15 is 0 Å². The minimum absolute atomic E-state index is 0.0107. The van der Waals surface area contributed by atoms with Crippen LogP contribution >= 0.6 is 0 Å². The molecule has 3 aromatic rings. The Morgan fingerprint density at radius 3 is 1.94 bits per heavy atom. The second-order valence-corrected chi connectivity index (χ2v) is 9.04. The van der Waals surface area contributed by atoms with Crippen LogP contribution in [0, 0.1) is 11.6 Å². The van der Waals surface area contributed by atoms with Gasteiger partial charge >= 0.3 is 6.09 Å². The van der Waals surface area contributed by atoms with Gasteiger partial charge in [0.25, 0.3) is 0 Å². The third kappa shape index (κ3) is 4.79. The quantitative estimate of drug-likeness (QED) is 0.558. The maximum atomic E-state index is 13.4. The Kier molecular flexibility index (Phi) is 5.71. The highest BCUT2D eigenvalue weighted by Gasteiger charge is 2.55. The number of alkyl carbamates (subject to hydrolysis) is 1. The highest BCUT2D eigenvalue weighted by molar-refractivity contribution is 5.68. The predicted octanol–water partition coefficient (Wildman–Crippen LogP) is 5.60. The first-order valence-electron chi connectivity index (χ1n) is 10.5. The van der Waals surface area contributed by atoms with E-state index in [4.69, 9.17) is 9.26 Å². The number of ether oxygens (including phenoxy) is 1. The van der Waals surface area contributed by atoms with Crippen LogP contribution in [-0.4, -0.2) is 21.8 Å². The van der Waals surface area contributed by atoms with Crippen molar-refractivity contribution in [1.82, 2.24) is 15.5 Å². The summed E-state index contributed by atoms with van der Waals surface area (Å²) in [6.45, 7) is 7.08. The number of nitrogens with zero attached hydrogens (tertiary/aromatic N) is 2.